The molecule has 1 unspecified atom stereocenters. The summed E-state index contributed by atoms with van der Waals surface area (Å²) in [4.78, 5) is 2.40. The van der Waals surface area contributed by atoms with Crippen LogP contribution in [-0.4, -0.2) is 43.8 Å². The molecule has 4 heteroatoms. The molecule has 2 rings (SSSR count). The summed E-state index contributed by atoms with van der Waals surface area (Å²) < 4.78 is 5.33. The van der Waals surface area contributed by atoms with Gasteiger partial charge in [-0.25, -0.2) is 0 Å². The molecule has 1 heterocycles. The number of ether oxygens (including phenoxy) is 1. The predicted molar refractivity (Wildman–Crippen MR) is 71.5 cm³/mol. The number of rotatable bonds is 4. The molecule has 0 spiro atoms. The molecule has 0 aliphatic carbocycles. The van der Waals surface area contributed by atoms with Crippen LogP contribution in [0.3, 0.4) is 0 Å². The minimum absolute atomic E-state index is 0.358. The van der Waals surface area contributed by atoms with Crippen molar-refractivity contribution >= 4 is 5.69 Å². The Kier molecular flexibility index (Phi) is 4.57. The molecule has 0 radical (unpaired) electrons. The van der Waals surface area contributed by atoms with E-state index in [-0.39, 0.29) is 0 Å². The maximum atomic E-state index is 8.86. The Hall–Kier alpha value is -1.57. The number of nitriles is 1. The fourth-order valence-corrected chi connectivity index (χ4v) is 2.18. The van der Waals surface area contributed by atoms with Gasteiger partial charge in [0.05, 0.1) is 24.8 Å². The van der Waals surface area contributed by atoms with Gasteiger partial charge in [0.15, 0.2) is 0 Å². The van der Waals surface area contributed by atoms with Gasteiger partial charge in [0.1, 0.15) is 0 Å². The molecule has 1 aromatic rings. The summed E-state index contributed by atoms with van der Waals surface area (Å²) in [6.07, 6.45) is 0. The van der Waals surface area contributed by atoms with Gasteiger partial charge in [-0.05, 0) is 25.1 Å². The molecule has 1 aromatic carbocycles. The highest BCUT2D eigenvalue weighted by molar-refractivity contribution is 5.49. The molecule has 0 saturated carbocycles. The Morgan fingerprint density at radius 2 is 2.22 bits per heavy atom. The largest absolute Gasteiger partial charge is 0.381 e. The summed E-state index contributed by atoms with van der Waals surface area (Å²) in [5, 5.41) is 12.3. The minimum Gasteiger partial charge on any atom is -0.381 e. The zero-order valence-corrected chi connectivity index (χ0v) is 10.7. The monoisotopic (exact) mass is 245 g/mol. The van der Waals surface area contributed by atoms with Crippen molar-refractivity contribution in [2.24, 2.45) is 0 Å². The Morgan fingerprint density at radius 1 is 1.44 bits per heavy atom. The summed E-state index contributed by atoms with van der Waals surface area (Å²) in [6.45, 7) is 6.83. The van der Waals surface area contributed by atoms with Gasteiger partial charge >= 0.3 is 0 Å². The standard InChI is InChI=1S/C14H19N3O/c1-12(11-17-5-7-18-8-6-17)16-14-4-2-3-13(9-14)10-15/h2-4,9,12,16H,5-8,11H2,1H3. The SMILES string of the molecule is CC(CN1CCOCC1)Nc1cccc(C#N)c1. The van der Waals surface area contributed by atoms with E-state index in [1.54, 1.807) is 0 Å². The van der Waals surface area contributed by atoms with E-state index in [1.165, 1.54) is 0 Å². The van der Waals surface area contributed by atoms with Gasteiger partial charge in [0.2, 0.25) is 0 Å². The van der Waals surface area contributed by atoms with Gasteiger partial charge in [0.25, 0.3) is 0 Å². The zero-order chi connectivity index (χ0) is 12.8. The van der Waals surface area contributed by atoms with E-state index in [4.69, 9.17) is 10.00 Å². The second kappa shape index (κ2) is 6.39. The highest BCUT2D eigenvalue weighted by Crippen LogP contribution is 2.11. The van der Waals surface area contributed by atoms with E-state index in [0.717, 1.165) is 38.5 Å². The number of benzene rings is 1. The average molecular weight is 245 g/mol. The Bertz CT molecular complexity index is 421. The van der Waals surface area contributed by atoms with E-state index in [2.05, 4.69) is 23.2 Å². The van der Waals surface area contributed by atoms with Crippen molar-refractivity contribution < 1.29 is 4.74 Å². The lowest BCUT2D eigenvalue weighted by Crippen LogP contribution is -2.42. The number of anilines is 1. The number of nitrogens with one attached hydrogen (secondary N) is 1. The third-order valence-corrected chi connectivity index (χ3v) is 3.04. The van der Waals surface area contributed by atoms with Crippen LogP contribution < -0.4 is 5.32 Å². The topological polar surface area (TPSA) is 48.3 Å². The lowest BCUT2D eigenvalue weighted by molar-refractivity contribution is 0.0368. The summed E-state index contributed by atoms with van der Waals surface area (Å²) in [5.74, 6) is 0. The van der Waals surface area contributed by atoms with Crippen LogP contribution in [0, 0.1) is 11.3 Å². The zero-order valence-electron chi connectivity index (χ0n) is 10.7. The molecule has 4 nitrogen and oxygen atoms in total. The average Bonchev–Trinajstić information content (AvgIpc) is 2.40. The van der Waals surface area contributed by atoms with Crippen molar-refractivity contribution in [3.63, 3.8) is 0 Å². The summed E-state index contributed by atoms with van der Waals surface area (Å²) in [7, 11) is 0. The van der Waals surface area contributed by atoms with Crippen molar-refractivity contribution in [2.45, 2.75) is 13.0 Å². The first-order valence-electron chi connectivity index (χ1n) is 6.35. The predicted octanol–water partition coefficient (Wildman–Crippen LogP) is 1.69. The third-order valence-electron chi connectivity index (χ3n) is 3.04. The first-order valence-corrected chi connectivity index (χ1v) is 6.35. The lowest BCUT2D eigenvalue weighted by Gasteiger charge is -2.29. The highest BCUT2D eigenvalue weighted by atomic mass is 16.5. The minimum atomic E-state index is 0.358. The summed E-state index contributed by atoms with van der Waals surface area (Å²) in [5.41, 5.74) is 1.70. The van der Waals surface area contributed by atoms with Crippen molar-refractivity contribution in [1.82, 2.24) is 4.90 Å². The molecule has 96 valence electrons. The quantitative estimate of drug-likeness (QED) is 0.877. The van der Waals surface area contributed by atoms with E-state index in [0.29, 0.717) is 11.6 Å². The fourth-order valence-electron chi connectivity index (χ4n) is 2.18. The molecule has 18 heavy (non-hydrogen) atoms. The van der Waals surface area contributed by atoms with Gasteiger partial charge in [0, 0.05) is 31.4 Å². The normalized spacial score (nSPS) is 18.0. The number of hydrogen-bond donors (Lipinski definition) is 1. The van der Waals surface area contributed by atoms with Crippen molar-refractivity contribution in [2.75, 3.05) is 38.2 Å². The van der Waals surface area contributed by atoms with Crippen LogP contribution in [0.25, 0.3) is 0 Å². The molecular formula is C14H19N3O. The van der Waals surface area contributed by atoms with E-state index in [9.17, 15) is 0 Å². The van der Waals surface area contributed by atoms with Crippen LogP contribution in [0.2, 0.25) is 0 Å². The third kappa shape index (κ3) is 3.73. The Morgan fingerprint density at radius 3 is 2.94 bits per heavy atom. The fraction of sp³-hybridized carbons (Fsp3) is 0.500. The van der Waals surface area contributed by atoms with Crippen LogP contribution in [0.15, 0.2) is 24.3 Å². The molecule has 0 aromatic heterocycles. The first kappa shape index (κ1) is 12.9. The molecular weight excluding hydrogens is 226 g/mol. The summed E-state index contributed by atoms with van der Waals surface area (Å²) in [6, 6.07) is 10.1. The van der Waals surface area contributed by atoms with Gasteiger partial charge in [-0.2, -0.15) is 5.26 Å². The highest BCUT2D eigenvalue weighted by Gasteiger charge is 2.13. The van der Waals surface area contributed by atoms with E-state index in [1.807, 2.05) is 24.3 Å². The van der Waals surface area contributed by atoms with Crippen LogP contribution >= 0.6 is 0 Å². The van der Waals surface area contributed by atoms with Crippen molar-refractivity contribution in [3.8, 4) is 6.07 Å². The molecule has 1 aliphatic heterocycles. The van der Waals surface area contributed by atoms with E-state index >= 15 is 0 Å². The van der Waals surface area contributed by atoms with Gasteiger partial charge in [-0.3, -0.25) is 4.90 Å². The lowest BCUT2D eigenvalue weighted by atomic mass is 10.2. The first-order chi connectivity index (χ1) is 8.78. The number of morpholine rings is 1. The summed E-state index contributed by atoms with van der Waals surface area (Å²) >= 11 is 0. The van der Waals surface area contributed by atoms with Crippen molar-refractivity contribution in [3.05, 3.63) is 29.8 Å². The molecule has 0 amide bonds. The Labute approximate surface area is 108 Å². The Balaban J connectivity index is 1.86. The maximum Gasteiger partial charge on any atom is 0.0992 e. The van der Waals surface area contributed by atoms with Gasteiger partial charge in [-0.15, -0.1) is 0 Å². The van der Waals surface area contributed by atoms with Gasteiger partial charge < -0.3 is 10.1 Å². The van der Waals surface area contributed by atoms with E-state index < -0.39 is 0 Å². The van der Waals surface area contributed by atoms with Gasteiger partial charge in [-0.1, -0.05) is 6.07 Å². The number of nitrogens with zero attached hydrogens (tertiary/aromatic N) is 2. The molecule has 1 N–H and O–H groups in total. The smallest absolute Gasteiger partial charge is 0.0992 e. The molecule has 1 fully saturated rings. The maximum absolute atomic E-state index is 8.86. The molecule has 1 aliphatic rings. The van der Waals surface area contributed by atoms with Crippen LogP contribution in [0.5, 0.6) is 0 Å². The number of hydrogen-bond acceptors (Lipinski definition) is 4. The second-order valence-electron chi connectivity index (χ2n) is 4.65. The molecule has 0 bridgehead atoms. The van der Waals surface area contributed by atoms with Crippen molar-refractivity contribution in [1.29, 1.82) is 5.26 Å². The van der Waals surface area contributed by atoms with Crippen LogP contribution in [-0.2, 0) is 4.74 Å². The molecule has 1 atom stereocenters. The van der Waals surface area contributed by atoms with Crippen LogP contribution in [0.4, 0.5) is 5.69 Å². The van der Waals surface area contributed by atoms with Crippen LogP contribution in [0.1, 0.15) is 12.5 Å². The molecule has 1 saturated heterocycles. The second-order valence-corrected chi connectivity index (χ2v) is 4.65.